The minimum Gasteiger partial charge on any atom is -0.472 e. The molecule has 0 fully saturated rings. The lowest BCUT2D eigenvalue weighted by Gasteiger charge is -2.17. The van der Waals surface area contributed by atoms with Crippen LogP contribution in [0.25, 0.3) is 0 Å². The second kappa shape index (κ2) is 5.54. The third kappa shape index (κ3) is 2.80. The topological polar surface area (TPSA) is 42.2 Å². The smallest absolute Gasteiger partial charge is 0.255 e. The molecule has 0 saturated heterocycles. The lowest BCUT2D eigenvalue weighted by molar-refractivity contribution is 0.0935. The Morgan fingerprint density at radius 2 is 2.00 bits per heavy atom. The molecule has 1 N–H and O–H groups in total. The highest BCUT2D eigenvalue weighted by atomic mass is 16.3. The predicted octanol–water partition coefficient (Wildman–Crippen LogP) is 3.47. The summed E-state index contributed by atoms with van der Waals surface area (Å²) in [5, 5.41) is 3.01. The van der Waals surface area contributed by atoms with Gasteiger partial charge in [0.25, 0.3) is 5.91 Å². The molecule has 0 aliphatic heterocycles. The zero-order valence-electron chi connectivity index (χ0n) is 10.6. The first kappa shape index (κ1) is 12.4. The van der Waals surface area contributed by atoms with Gasteiger partial charge in [0.15, 0.2) is 0 Å². The first-order chi connectivity index (χ1) is 8.70. The van der Waals surface area contributed by atoms with Crippen LogP contribution in [0, 0.1) is 6.92 Å². The molecule has 0 aliphatic carbocycles. The summed E-state index contributed by atoms with van der Waals surface area (Å²) < 4.78 is 4.91. The maximum Gasteiger partial charge on any atom is 0.255 e. The van der Waals surface area contributed by atoms with E-state index >= 15 is 0 Å². The molecule has 0 bridgehead atoms. The number of carbonyl (C=O) groups excluding carboxylic acids is 1. The summed E-state index contributed by atoms with van der Waals surface area (Å²) in [6, 6.07) is 9.92. The molecule has 0 spiro atoms. The van der Waals surface area contributed by atoms with Crippen LogP contribution in [0.2, 0.25) is 0 Å². The molecule has 0 saturated carbocycles. The Hall–Kier alpha value is -2.03. The third-order valence-corrected chi connectivity index (χ3v) is 2.98. The molecule has 3 nitrogen and oxygen atoms in total. The number of furan rings is 1. The molecule has 1 heterocycles. The summed E-state index contributed by atoms with van der Waals surface area (Å²) in [7, 11) is 0. The normalized spacial score (nSPS) is 12.1. The number of rotatable bonds is 4. The summed E-state index contributed by atoms with van der Waals surface area (Å²) >= 11 is 0. The van der Waals surface area contributed by atoms with Crippen LogP contribution < -0.4 is 5.32 Å². The van der Waals surface area contributed by atoms with Crippen LogP contribution in [0.1, 0.15) is 40.9 Å². The largest absolute Gasteiger partial charge is 0.472 e. The highest BCUT2D eigenvalue weighted by Gasteiger charge is 2.14. The van der Waals surface area contributed by atoms with Crippen LogP contribution in [0.15, 0.2) is 47.3 Å². The monoisotopic (exact) mass is 243 g/mol. The maximum atomic E-state index is 11.9. The van der Waals surface area contributed by atoms with Crippen molar-refractivity contribution in [3.05, 3.63) is 59.5 Å². The highest BCUT2D eigenvalue weighted by molar-refractivity contribution is 5.94. The minimum absolute atomic E-state index is 0.0352. The first-order valence-electron chi connectivity index (χ1n) is 6.10. The number of benzene rings is 1. The van der Waals surface area contributed by atoms with Gasteiger partial charge in [0, 0.05) is 0 Å². The van der Waals surface area contributed by atoms with Crippen molar-refractivity contribution in [2.45, 2.75) is 26.3 Å². The molecule has 2 aromatic rings. The minimum atomic E-state index is -0.101. The van der Waals surface area contributed by atoms with Crippen LogP contribution in [0.3, 0.4) is 0 Å². The van der Waals surface area contributed by atoms with E-state index < -0.39 is 0 Å². The van der Waals surface area contributed by atoms with E-state index in [9.17, 15) is 4.79 Å². The zero-order chi connectivity index (χ0) is 13.0. The van der Waals surface area contributed by atoms with Crippen molar-refractivity contribution in [2.24, 2.45) is 0 Å². The number of nitrogens with one attached hydrogen (secondary N) is 1. The standard InChI is InChI=1S/C15H17NO2/c1-3-14(12-6-4-11(2)5-7-12)16-15(17)13-8-9-18-10-13/h4-10,14H,3H2,1-2H3,(H,16,17). The first-order valence-corrected chi connectivity index (χ1v) is 6.10. The summed E-state index contributed by atoms with van der Waals surface area (Å²) in [6.45, 7) is 4.11. The summed E-state index contributed by atoms with van der Waals surface area (Å²) in [5.41, 5.74) is 2.90. The van der Waals surface area contributed by atoms with Gasteiger partial charge >= 0.3 is 0 Å². The Morgan fingerprint density at radius 3 is 2.56 bits per heavy atom. The number of carbonyl (C=O) groups is 1. The van der Waals surface area contributed by atoms with E-state index in [4.69, 9.17) is 4.42 Å². The fourth-order valence-electron chi connectivity index (χ4n) is 1.86. The maximum absolute atomic E-state index is 11.9. The second-order valence-electron chi connectivity index (χ2n) is 4.36. The highest BCUT2D eigenvalue weighted by Crippen LogP contribution is 2.17. The summed E-state index contributed by atoms with van der Waals surface area (Å²) in [5.74, 6) is -0.101. The van der Waals surface area contributed by atoms with Crippen molar-refractivity contribution in [3.8, 4) is 0 Å². The van der Waals surface area contributed by atoms with Crippen molar-refractivity contribution in [1.82, 2.24) is 5.32 Å². The van der Waals surface area contributed by atoms with Crippen LogP contribution in [-0.2, 0) is 0 Å². The van der Waals surface area contributed by atoms with Crippen LogP contribution in [-0.4, -0.2) is 5.91 Å². The van der Waals surface area contributed by atoms with Crippen molar-refractivity contribution in [1.29, 1.82) is 0 Å². The zero-order valence-corrected chi connectivity index (χ0v) is 10.6. The van der Waals surface area contributed by atoms with Crippen molar-refractivity contribution in [2.75, 3.05) is 0 Å². The second-order valence-corrected chi connectivity index (χ2v) is 4.36. The van der Waals surface area contributed by atoms with Gasteiger partial charge in [-0.1, -0.05) is 36.8 Å². The molecular formula is C15H17NO2. The van der Waals surface area contributed by atoms with Crippen molar-refractivity contribution in [3.63, 3.8) is 0 Å². The summed E-state index contributed by atoms with van der Waals surface area (Å²) in [6.07, 6.45) is 3.81. The van der Waals surface area contributed by atoms with E-state index in [1.165, 1.54) is 18.1 Å². The Kier molecular flexibility index (Phi) is 3.82. The Bertz CT molecular complexity index is 500. The van der Waals surface area contributed by atoms with Gasteiger partial charge in [-0.25, -0.2) is 0 Å². The molecule has 1 unspecified atom stereocenters. The SMILES string of the molecule is CCC(NC(=O)c1ccoc1)c1ccc(C)cc1. The van der Waals surface area contributed by atoms with Gasteiger partial charge < -0.3 is 9.73 Å². The molecule has 0 aliphatic rings. The van der Waals surface area contributed by atoms with Gasteiger partial charge in [-0.3, -0.25) is 4.79 Å². The molecule has 1 amide bonds. The molecule has 18 heavy (non-hydrogen) atoms. The van der Waals surface area contributed by atoms with E-state index in [1.54, 1.807) is 6.07 Å². The Morgan fingerprint density at radius 1 is 1.28 bits per heavy atom. The lowest BCUT2D eigenvalue weighted by atomic mass is 10.0. The third-order valence-electron chi connectivity index (χ3n) is 2.98. The average molecular weight is 243 g/mol. The fraction of sp³-hybridized carbons (Fsp3) is 0.267. The molecule has 2 rings (SSSR count). The molecule has 1 aromatic carbocycles. The Labute approximate surface area is 107 Å². The fourth-order valence-corrected chi connectivity index (χ4v) is 1.86. The summed E-state index contributed by atoms with van der Waals surface area (Å²) in [4.78, 5) is 11.9. The van der Waals surface area contributed by atoms with Crippen LogP contribution in [0.4, 0.5) is 0 Å². The van der Waals surface area contributed by atoms with E-state index in [2.05, 4.69) is 43.4 Å². The number of hydrogen-bond donors (Lipinski definition) is 1. The predicted molar refractivity (Wildman–Crippen MR) is 70.4 cm³/mol. The quantitative estimate of drug-likeness (QED) is 0.893. The van der Waals surface area contributed by atoms with E-state index in [0.717, 1.165) is 12.0 Å². The number of amides is 1. The van der Waals surface area contributed by atoms with Gasteiger partial charge in [-0.2, -0.15) is 0 Å². The molecule has 3 heteroatoms. The molecule has 1 aromatic heterocycles. The molecule has 94 valence electrons. The van der Waals surface area contributed by atoms with Gasteiger partial charge in [0.1, 0.15) is 6.26 Å². The Balaban J connectivity index is 2.10. The molecule has 1 atom stereocenters. The number of hydrogen-bond acceptors (Lipinski definition) is 2. The lowest BCUT2D eigenvalue weighted by Crippen LogP contribution is -2.27. The van der Waals surface area contributed by atoms with Crippen molar-refractivity contribution >= 4 is 5.91 Å². The van der Waals surface area contributed by atoms with Gasteiger partial charge in [0.2, 0.25) is 0 Å². The van der Waals surface area contributed by atoms with E-state index in [0.29, 0.717) is 5.56 Å². The molecule has 0 radical (unpaired) electrons. The van der Waals surface area contributed by atoms with Crippen LogP contribution in [0.5, 0.6) is 0 Å². The van der Waals surface area contributed by atoms with E-state index in [1.807, 2.05) is 0 Å². The van der Waals surface area contributed by atoms with Gasteiger partial charge in [-0.15, -0.1) is 0 Å². The van der Waals surface area contributed by atoms with Gasteiger partial charge in [-0.05, 0) is 25.0 Å². The van der Waals surface area contributed by atoms with Crippen molar-refractivity contribution < 1.29 is 9.21 Å². The van der Waals surface area contributed by atoms with E-state index in [-0.39, 0.29) is 11.9 Å². The average Bonchev–Trinajstić information content (AvgIpc) is 2.91. The molecular weight excluding hydrogens is 226 g/mol. The van der Waals surface area contributed by atoms with Crippen LogP contribution >= 0.6 is 0 Å². The van der Waals surface area contributed by atoms with Gasteiger partial charge in [0.05, 0.1) is 17.9 Å². The number of aryl methyl sites for hydroxylation is 1.